The Morgan fingerprint density at radius 3 is 2.75 bits per heavy atom. The molecular formula is C15H13N3OS. The Kier molecular flexibility index (Phi) is 3.20. The zero-order chi connectivity index (χ0) is 14.1. The SMILES string of the molecule is Cc1nc(C(=O)Nc2cccc3cccnc23)c(C)s1. The molecule has 0 atom stereocenters. The monoisotopic (exact) mass is 283 g/mol. The minimum absolute atomic E-state index is 0.190. The first-order chi connectivity index (χ1) is 9.65. The topological polar surface area (TPSA) is 54.9 Å². The summed E-state index contributed by atoms with van der Waals surface area (Å²) in [5.74, 6) is -0.190. The number of carbonyl (C=O) groups excluding carboxylic acids is 1. The van der Waals surface area contributed by atoms with Crippen LogP contribution in [0.3, 0.4) is 0 Å². The molecule has 0 radical (unpaired) electrons. The quantitative estimate of drug-likeness (QED) is 0.782. The van der Waals surface area contributed by atoms with Crippen molar-refractivity contribution >= 4 is 33.8 Å². The van der Waals surface area contributed by atoms with Gasteiger partial charge in [0.25, 0.3) is 5.91 Å². The molecule has 1 aromatic carbocycles. The van der Waals surface area contributed by atoms with Gasteiger partial charge in [-0.25, -0.2) is 4.98 Å². The lowest BCUT2D eigenvalue weighted by molar-refractivity contribution is 0.102. The third kappa shape index (κ3) is 2.28. The van der Waals surface area contributed by atoms with E-state index in [1.54, 1.807) is 6.20 Å². The van der Waals surface area contributed by atoms with Gasteiger partial charge >= 0.3 is 0 Å². The molecule has 0 aliphatic carbocycles. The van der Waals surface area contributed by atoms with Gasteiger partial charge in [-0.2, -0.15) is 0 Å². The Bertz CT molecular complexity index is 789. The lowest BCUT2D eigenvalue weighted by atomic mass is 10.2. The summed E-state index contributed by atoms with van der Waals surface area (Å²) in [7, 11) is 0. The molecule has 1 N–H and O–H groups in total. The first-order valence-electron chi connectivity index (χ1n) is 6.24. The van der Waals surface area contributed by atoms with Crippen molar-refractivity contribution in [2.75, 3.05) is 5.32 Å². The van der Waals surface area contributed by atoms with E-state index in [0.717, 1.165) is 20.8 Å². The van der Waals surface area contributed by atoms with Crippen LogP contribution < -0.4 is 5.32 Å². The van der Waals surface area contributed by atoms with Gasteiger partial charge in [-0.05, 0) is 26.0 Å². The molecule has 20 heavy (non-hydrogen) atoms. The number of nitrogens with zero attached hydrogens (tertiary/aromatic N) is 2. The smallest absolute Gasteiger partial charge is 0.275 e. The highest BCUT2D eigenvalue weighted by Crippen LogP contribution is 2.23. The number of hydrogen-bond donors (Lipinski definition) is 1. The van der Waals surface area contributed by atoms with Crippen molar-refractivity contribution in [3.63, 3.8) is 0 Å². The zero-order valence-electron chi connectivity index (χ0n) is 11.2. The molecule has 0 fully saturated rings. The van der Waals surface area contributed by atoms with Crippen LogP contribution in [0.4, 0.5) is 5.69 Å². The number of benzene rings is 1. The molecule has 100 valence electrons. The second kappa shape index (κ2) is 5.02. The van der Waals surface area contributed by atoms with Gasteiger partial charge in [-0.1, -0.05) is 18.2 Å². The van der Waals surface area contributed by atoms with Gasteiger partial charge in [-0.15, -0.1) is 11.3 Å². The number of carbonyl (C=O) groups is 1. The van der Waals surface area contributed by atoms with Gasteiger partial charge in [0, 0.05) is 16.5 Å². The summed E-state index contributed by atoms with van der Waals surface area (Å²) in [5.41, 5.74) is 1.98. The molecule has 0 unspecified atom stereocenters. The molecule has 1 amide bonds. The summed E-state index contributed by atoms with van der Waals surface area (Å²) in [6.45, 7) is 3.80. The van der Waals surface area contributed by atoms with Crippen LogP contribution in [-0.4, -0.2) is 15.9 Å². The third-order valence-corrected chi connectivity index (χ3v) is 3.89. The van der Waals surface area contributed by atoms with Crippen molar-refractivity contribution in [1.29, 1.82) is 0 Å². The third-order valence-electron chi connectivity index (χ3n) is 3.00. The zero-order valence-corrected chi connectivity index (χ0v) is 12.0. The minimum atomic E-state index is -0.190. The Hall–Kier alpha value is -2.27. The number of hydrogen-bond acceptors (Lipinski definition) is 4. The van der Waals surface area contributed by atoms with Crippen LogP contribution in [-0.2, 0) is 0 Å². The van der Waals surface area contributed by atoms with Crippen molar-refractivity contribution in [2.24, 2.45) is 0 Å². The van der Waals surface area contributed by atoms with E-state index in [2.05, 4.69) is 15.3 Å². The normalized spacial score (nSPS) is 10.7. The molecule has 0 spiro atoms. The highest BCUT2D eigenvalue weighted by molar-refractivity contribution is 7.11. The fourth-order valence-electron chi connectivity index (χ4n) is 2.13. The van der Waals surface area contributed by atoms with Crippen LogP contribution in [0.5, 0.6) is 0 Å². The van der Waals surface area contributed by atoms with Gasteiger partial charge in [0.1, 0.15) is 5.69 Å². The molecule has 3 rings (SSSR count). The lowest BCUT2D eigenvalue weighted by Gasteiger charge is -2.07. The number of pyridine rings is 1. The number of aryl methyl sites for hydroxylation is 2. The molecule has 2 aromatic heterocycles. The average molecular weight is 283 g/mol. The summed E-state index contributed by atoms with van der Waals surface area (Å²) in [6, 6.07) is 9.56. The number of fused-ring (bicyclic) bond motifs is 1. The number of nitrogens with one attached hydrogen (secondary N) is 1. The Balaban J connectivity index is 1.97. The standard InChI is InChI=1S/C15H13N3OS/c1-9-13(17-10(2)20-9)15(19)18-12-7-3-5-11-6-4-8-16-14(11)12/h3-8H,1-2H3,(H,18,19). The summed E-state index contributed by atoms with van der Waals surface area (Å²) < 4.78 is 0. The van der Waals surface area contributed by atoms with E-state index in [1.807, 2.05) is 44.2 Å². The van der Waals surface area contributed by atoms with E-state index < -0.39 is 0 Å². The van der Waals surface area contributed by atoms with Crippen molar-refractivity contribution in [1.82, 2.24) is 9.97 Å². The fraction of sp³-hybridized carbons (Fsp3) is 0.133. The van der Waals surface area contributed by atoms with Crippen LogP contribution in [0.15, 0.2) is 36.5 Å². The highest BCUT2D eigenvalue weighted by atomic mass is 32.1. The highest BCUT2D eigenvalue weighted by Gasteiger charge is 2.15. The molecular weight excluding hydrogens is 270 g/mol. The van der Waals surface area contributed by atoms with E-state index in [4.69, 9.17) is 0 Å². The summed E-state index contributed by atoms with van der Waals surface area (Å²) in [5, 5.41) is 4.79. The van der Waals surface area contributed by atoms with E-state index in [-0.39, 0.29) is 5.91 Å². The summed E-state index contributed by atoms with van der Waals surface area (Å²) in [6.07, 6.45) is 1.72. The number of aromatic nitrogens is 2. The molecule has 4 nitrogen and oxygen atoms in total. The van der Waals surface area contributed by atoms with Gasteiger partial charge in [0.15, 0.2) is 0 Å². The average Bonchev–Trinajstić information content (AvgIpc) is 2.78. The predicted molar refractivity (Wildman–Crippen MR) is 81.3 cm³/mol. The molecule has 0 saturated heterocycles. The molecule has 0 aliphatic rings. The molecule has 0 aliphatic heterocycles. The summed E-state index contributed by atoms with van der Waals surface area (Å²) >= 11 is 1.52. The first-order valence-corrected chi connectivity index (χ1v) is 7.06. The van der Waals surface area contributed by atoms with Crippen LogP contribution in [0.2, 0.25) is 0 Å². The molecule has 5 heteroatoms. The van der Waals surface area contributed by atoms with E-state index in [0.29, 0.717) is 11.4 Å². The molecule has 0 bridgehead atoms. The Morgan fingerprint density at radius 2 is 2.00 bits per heavy atom. The first kappa shape index (κ1) is 12.7. The maximum Gasteiger partial charge on any atom is 0.275 e. The molecule has 3 aromatic rings. The van der Waals surface area contributed by atoms with Crippen LogP contribution in [0.1, 0.15) is 20.4 Å². The maximum absolute atomic E-state index is 12.3. The van der Waals surface area contributed by atoms with Crippen LogP contribution in [0.25, 0.3) is 10.9 Å². The lowest BCUT2D eigenvalue weighted by Crippen LogP contribution is -2.14. The second-order valence-electron chi connectivity index (χ2n) is 4.47. The van der Waals surface area contributed by atoms with Crippen LogP contribution >= 0.6 is 11.3 Å². The van der Waals surface area contributed by atoms with E-state index in [1.165, 1.54) is 11.3 Å². The van der Waals surface area contributed by atoms with Gasteiger partial charge in [0.05, 0.1) is 16.2 Å². The number of para-hydroxylation sites is 1. The number of thiazole rings is 1. The number of rotatable bonds is 2. The minimum Gasteiger partial charge on any atom is -0.319 e. The fourth-order valence-corrected chi connectivity index (χ4v) is 2.94. The van der Waals surface area contributed by atoms with Crippen molar-refractivity contribution in [2.45, 2.75) is 13.8 Å². The Labute approximate surface area is 120 Å². The van der Waals surface area contributed by atoms with Gasteiger partial charge in [0.2, 0.25) is 0 Å². The summed E-state index contributed by atoms with van der Waals surface area (Å²) in [4.78, 5) is 21.8. The van der Waals surface area contributed by atoms with Crippen molar-refractivity contribution in [3.8, 4) is 0 Å². The number of amides is 1. The molecule has 2 heterocycles. The predicted octanol–water partition coefficient (Wildman–Crippen LogP) is 3.56. The molecule has 0 saturated carbocycles. The van der Waals surface area contributed by atoms with Crippen LogP contribution in [0, 0.1) is 13.8 Å². The van der Waals surface area contributed by atoms with Crippen molar-refractivity contribution in [3.05, 3.63) is 52.1 Å². The Morgan fingerprint density at radius 1 is 1.20 bits per heavy atom. The van der Waals surface area contributed by atoms with Gasteiger partial charge < -0.3 is 5.32 Å². The number of anilines is 1. The maximum atomic E-state index is 12.3. The largest absolute Gasteiger partial charge is 0.319 e. The van der Waals surface area contributed by atoms with E-state index >= 15 is 0 Å². The van der Waals surface area contributed by atoms with Gasteiger partial charge in [-0.3, -0.25) is 9.78 Å². The van der Waals surface area contributed by atoms with Crippen molar-refractivity contribution < 1.29 is 4.79 Å². The second-order valence-corrected chi connectivity index (χ2v) is 5.88. The van der Waals surface area contributed by atoms with E-state index in [9.17, 15) is 4.79 Å².